The van der Waals surface area contributed by atoms with E-state index in [1.54, 1.807) is 24.5 Å². The van der Waals surface area contributed by atoms with Crippen LogP contribution in [0.5, 0.6) is 5.75 Å². The van der Waals surface area contributed by atoms with Crippen LogP contribution in [0.1, 0.15) is 11.4 Å². The van der Waals surface area contributed by atoms with Crippen LogP contribution in [-0.2, 0) is 17.9 Å². The number of nitrogens with zero attached hydrogens (tertiary/aromatic N) is 1. The number of hydrogen-bond acceptors (Lipinski definition) is 4. The number of amides is 1. The van der Waals surface area contributed by atoms with E-state index in [4.69, 9.17) is 10.5 Å². The Balaban J connectivity index is 1.73. The number of hydrogen-bond donors (Lipinski definition) is 3. The highest BCUT2D eigenvalue weighted by Crippen LogP contribution is 2.11. The lowest BCUT2D eigenvalue weighted by Crippen LogP contribution is -2.28. The van der Waals surface area contributed by atoms with E-state index in [0.717, 1.165) is 5.56 Å². The topological polar surface area (TPSA) is 93.0 Å². The first kappa shape index (κ1) is 13.1. The molecule has 2 rings (SSSR count). The van der Waals surface area contributed by atoms with Crippen molar-refractivity contribution in [1.29, 1.82) is 0 Å². The Labute approximate surface area is 111 Å². The zero-order chi connectivity index (χ0) is 13.5. The maximum absolute atomic E-state index is 11.5. The molecule has 0 saturated heterocycles. The number of imidazole rings is 1. The summed E-state index contributed by atoms with van der Waals surface area (Å²) in [7, 11) is 0. The van der Waals surface area contributed by atoms with Gasteiger partial charge in [-0.1, -0.05) is 12.1 Å². The molecule has 100 valence electrons. The van der Waals surface area contributed by atoms with Crippen LogP contribution >= 0.6 is 0 Å². The van der Waals surface area contributed by atoms with Crippen LogP contribution < -0.4 is 15.8 Å². The van der Waals surface area contributed by atoms with Crippen molar-refractivity contribution in [2.45, 2.75) is 13.1 Å². The summed E-state index contributed by atoms with van der Waals surface area (Å²) in [5.74, 6) is 1.16. The van der Waals surface area contributed by atoms with Gasteiger partial charge in [0.1, 0.15) is 11.6 Å². The van der Waals surface area contributed by atoms with Gasteiger partial charge in [-0.2, -0.15) is 0 Å². The molecule has 0 bridgehead atoms. The molecule has 0 saturated carbocycles. The zero-order valence-corrected chi connectivity index (χ0v) is 10.4. The first-order chi connectivity index (χ1) is 9.28. The maximum atomic E-state index is 11.5. The van der Waals surface area contributed by atoms with Crippen molar-refractivity contribution in [2.24, 2.45) is 5.73 Å². The molecule has 2 aromatic rings. The van der Waals surface area contributed by atoms with Gasteiger partial charge in [0.25, 0.3) is 5.91 Å². The van der Waals surface area contributed by atoms with E-state index < -0.39 is 0 Å². The lowest BCUT2D eigenvalue weighted by atomic mass is 10.2. The second-order valence-corrected chi connectivity index (χ2v) is 3.95. The molecule has 19 heavy (non-hydrogen) atoms. The van der Waals surface area contributed by atoms with Gasteiger partial charge < -0.3 is 20.8 Å². The summed E-state index contributed by atoms with van der Waals surface area (Å²) in [6.07, 6.45) is 3.34. The van der Waals surface area contributed by atoms with Gasteiger partial charge in [-0.25, -0.2) is 4.98 Å². The Morgan fingerprint density at radius 3 is 2.79 bits per heavy atom. The summed E-state index contributed by atoms with van der Waals surface area (Å²) in [5.41, 5.74) is 6.52. The third kappa shape index (κ3) is 4.11. The number of aromatic amines is 1. The average molecular weight is 260 g/mol. The molecule has 0 unspecified atom stereocenters. The van der Waals surface area contributed by atoms with Gasteiger partial charge in [0.2, 0.25) is 0 Å². The fourth-order valence-electron chi connectivity index (χ4n) is 1.50. The van der Waals surface area contributed by atoms with E-state index in [1.807, 2.05) is 12.1 Å². The number of H-pyrrole nitrogens is 1. The van der Waals surface area contributed by atoms with Gasteiger partial charge in [-0.15, -0.1) is 0 Å². The molecule has 6 heteroatoms. The molecule has 1 amide bonds. The van der Waals surface area contributed by atoms with Crippen LogP contribution in [-0.4, -0.2) is 22.5 Å². The minimum atomic E-state index is -0.195. The molecule has 0 fully saturated rings. The van der Waals surface area contributed by atoms with Gasteiger partial charge >= 0.3 is 0 Å². The van der Waals surface area contributed by atoms with Crippen molar-refractivity contribution in [2.75, 3.05) is 6.61 Å². The van der Waals surface area contributed by atoms with Crippen molar-refractivity contribution in [1.82, 2.24) is 15.3 Å². The molecule has 1 aromatic carbocycles. The predicted molar refractivity (Wildman–Crippen MR) is 70.3 cm³/mol. The third-order valence-corrected chi connectivity index (χ3v) is 2.54. The van der Waals surface area contributed by atoms with E-state index in [9.17, 15) is 4.79 Å². The van der Waals surface area contributed by atoms with Gasteiger partial charge in [0, 0.05) is 18.9 Å². The SMILES string of the molecule is NCc1ccc(OCC(=O)NCc2ncc[nH]2)cc1. The lowest BCUT2D eigenvalue weighted by molar-refractivity contribution is -0.123. The fourth-order valence-corrected chi connectivity index (χ4v) is 1.50. The van der Waals surface area contributed by atoms with E-state index in [-0.39, 0.29) is 12.5 Å². The molecule has 0 aliphatic rings. The molecule has 0 aliphatic heterocycles. The fraction of sp³-hybridized carbons (Fsp3) is 0.231. The normalized spacial score (nSPS) is 10.2. The van der Waals surface area contributed by atoms with Crippen LogP contribution in [0, 0.1) is 0 Å². The highest BCUT2D eigenvalue weighted by atomic mass is 16.5. The largest absolute Gasteiger partial charge is 0.484 e. The molecular weight excluding hydrogens is 244 g/mol. The minimum Gasteiger partial charge on any atom is -0.484 e. The summed E-state index contributed by atoms with van der Waals surface area (Å²) in [5, 5.41) is 2.70. The standard InChI is InChI=1S/C13H16N4O2/c14-7-10-1-3-11(4-2-10)19-9-13(18)17-8-12-15-5-6-16-12/h1-6H,7-9,14H2,(H,15,16)(H,17,18). The Morgan fingerprint density at radius 2 is 2.16 bits per heavy atom. The predicted octanol–water partition coefficient (Wildman–Crippen LogP) is 0.564. The second-order valence-electron chi connectivity index (χ2n) is 3.95. The second kappa shape index (κ2) is 6.55. The minimum absolute atomic E-state index is 0.0251. The summed E-state index contributed by atoms with van der Waals surface area (Å²) in [4.78, 5) is 18.4. The summed E-state index contributed by atoms with van der Waals surface area (Å²) in [6, 6.07) is 7.33. The van der Waals surface area contributed by atoms with E-state index in [1.165, 1.54) is 0 Å². The van der Waals surface area contributed by atoms with Crippen LogP contribution in [0.15, 0.2) is 36.7 Å². The number of benzene rings is 1. The molecule has 1 aromatic heterocycles. The molecule has 0 atom stereocenters. The highest BCUT2D eigenvalue weighted by molar-refractivity contribution is 5.77. The lowest BCUT2D eigenvalue weighted by Gasteiger charge is -2.07. The Hall–Kier alpha value is -2.34. The van der Waals surface area contributed by atoms with E-state index in [2.05, 4.69) is 15.3 Å². The van der Waals surface area contributed by atoms with Crippen molar-refractivity contribution in [3.8, 4) is 5.75 Å². The van der Waals surface area contributed by atoms with Crippen LogP contribution in [0.3, 0.4) is 0 Å². The molecule has 6 nitrogen and oxygen atoms in total. The molecule has 0 spiro atoms. The number of carbonyl (C=O) groups is 1. The first-order valence-electron chi connectivity index (χ1n) is 5.94. The number of rotatable bonds is 6. The number of carbonyl (C=O) groups excluding carboxylic acids is 1. The van der Waals surface area contributed by atoms with Crippen molar-refractivity contribution >= 4 is 5.91 Å². The number of nitrogens with one attached hydrogen (secondary N) is 2. The first-order valence-corrected chi connectivity index (χ1v) is 5.94. The quantitative estimate of drug-likeness (QED) is 0.707. The zero-order valence-electron chi connectivity index (χ0n) is 10.4. The van der Waals surface area contributed by atoms with Gasteiger partial charge in [0.05, 0.1) is 6.54 Å². The number of ether oxygens (including phenoxy) is 1. The van der Waals surface area contributed by atoms with Gasteiger partial charge in [-0.05, 0) is 17.7 Å². The molecule has 0 aliphatic carbocycles. The van der Waals surface area contributed by atoms with E-state index >= 15 is 0 Å². The Morgan fingerprint density at radius 1 is 1.37 bits per heavy atom. The molecular formula is C13H16N4O2. The van der Waals surface area contributed by atoms with Crippen molar-refractivity contribution < 1.29 is 9.53 Å². The van der Waals surface area contributed by atoms with Gasteiger partial charge in [-0.3, -0.25) is 4.79 Å². The van der Waals surface area contributed by atoms with E-state index in [0.29, 0.717) is 24.7 Å². The van der Waals surface area contributed by atoms with Gasteiger partial charge in [0.15, 0.2) is 6.61 Å². The van der Waals surface area contributed by atoms with Crippen molar-refractivity contribution in [3.63, 3.8) is 0 Å². The monoisotopic (exact) mass is 260 g/mol. The molecule has 4 N–H and O–H groups in total. The highest BCUT2D eigenvalue weighted by Gasteiger charge is 2.03. The Bertz CT molecular complexity index is 508. The molecule has 0 radical (unpaired) electrons. The van der Waals surface area contributed by atoms with Crippen LogP contribution in [0.4, 0.5) is 0 Å². The Kier molecular flexibility index (Phi) is 4.52. The average Bonchev–Trinajstić information content (AvgIpc) is 2.96. The molecule has 1 heterocycles. The maximum Gasteiger partial charge on any atom is 0.258 e. The smallest absolute Gasteiger partial charge is 0.258 e. The number of aromatic nitrogens is 2. The van der Waals surface area contributed by atoms with Crippen LogP contribution in [0.25, 0.3) is 0 Å². The third-order valence-electron chi connectivity index (χ3n) is 2.54. The van der Waals surface area contributed by atoms with Crippen LogP contribution in [0.2, 0.25) is 0 Å². The summed E-state index contributed by atoms with van der Waals surface area (Å²) >= 11 is 0. The summed E-state index contributed by atoms with van der Waals surface area (Å²) < 4.78 is 5.35. The van der Waals surface area contributed by atoms with Crippen molar-refractivity contribution in [3.05, 3.63) is 48.0 Å². The summed E-state index contributed by atoms with van der Waals surface area (Å²) in [6.45, 7) is 0.827. The number of nitrogens with two attached hydrogens (primary N) is 1.